The number of aliphatic hydroxyl groups is 1. The third-order valence-electron chi connectivity index (χ3n) is 2.56. The van der Waals surface area contributed by atoms with Crippen LogP contribution in [0.5, 0.6) is 0 Å². The van der Waals surface area contributed by atoms with Crippen molar-refractivity contribution >= 4 is 44.3 Å². The molecular weight excluding hydrogens is 326 g/mol. The summed E-state index contributed by atoms with van der Waals surface area (Å²) in [6.45, 7) is 1.47. The lowest BCUT2D eigenvalue weighted by molar-refractivity contribution is 0.0632. The van der Waals surface area contributed by atoms with Crippen molar-refractivity contribution in [1.82, 2.24) is 4.72 Å². The van der Waals surface area contributed by atoms with Gasteiger partial charge in [-0.05, 0) is 41.4 Å². The number of hydrogen-bond acceptors (Lipinski definition) is 5. The molecule has 0 radical (unpaired) electrons. The van der Waals surface area contributed by atoms with E-state index in [1.54, 1.807) is 18.4 Å². The van der Waals surface area contributed by atoms with Crippen molar-refractivity contribution in [2.24, 2.45) is 0 Å². The first-order valence-corrected chi connectivity index (χ1v) is 8.93. The van der Waals surface area contributed by atoms with Gasteiger partial charge in [-0.25, -0.2) is 13.1 Å². The average Bonchev–Trinajstić information content (AvgIpc) is 2.97. The fraction of sp³-hybridized carbons (Fsp3) is 0.273. The van der Waals surface area contributed by atoms with Gasteiger partial charge in [0.05, 0.1) is 4.34 Å². The first kappa shape index (κ1) is 15.0. The summed E-state index contributed by atoms with van der Waals surface area (Å²) in [7, 11) is -3.64. The Hall–Kier alpha value is -0.440. The van der Waals surface area contributed by atoms with Gasteiger partial charge in [-0.1, -0.05) is 11.6 Å². The Bertz CT molecular complexity index is 647. The third-order valence-corrected chi connectivity index (χ3v) is 6.37. The molecule has 4 nitrogen and oxygen atoms in total. The molecule has 0 aliphatic carbocycles. The minimum absolute atomic E-state index is 0.0956. The molecule has 2 rings (SSSR count). The molecule has 2 aromatic heterocycles. The number of hydrogen-bond donors (Lipinski definition) is 2. The summed E-state index contributed by atoms with van der Waals surface area (Å²) in [5, 5.41) is 13.9. The van der Waals surface area contributed by atoms with Gasteiger partial charge in [0.25, 0.3) is 0 Å². The Morgan fingerprint density at radius 2 is 2.16 bits per heavy atom. The summed E-state index contributed by atoms with van der Waals surface area (Å²) in [4.78, 5) is 0. The van der Waals surface area contributed by atoms with E-state index >= 15 is 0 Å². The Morgan fingerprint density at radius 3 is 2.68 bits per heavy atom. The van der Waals surface area contributed by atoms with Crippen LogP contribution < -0.4 is 4.72 Å². The van der Waals surface area contributed by atoms with Crippen molar-refractivity contribution in [2.75, 3.05) is 6.54 Å². The van der Waals surface area contributed by atoms with E-state index < -0.39 is 15.6 Å². The van der Waals surface area contributed by atoms with Crippen LogP contribution in [0.1, 0.15) is 12.5 Å². The number of nitrogens with one attached hydrogen (secondary N) is 1. The lowest BCUT2D eigenvalue weighted by atomic mass is 10.0. The summed E-state index contributed by atoms with van der Waals surface area (Å²) < 4.78 is 26.9. The quantitative estimate of drug-likeness (QED) is 0.881. The molecule has 0 fully saturated rings. The monoisotopic (exact) mass is 337 g/mol. The van der Waals surface area contributed by atoms with Gasteiger partial charge in [0.2, 0.25) is 10.0 Å². The van der Waals surface area contributed by atoms with Crippen LogP contribution in [0.3, 0.4) is 0 Å². The number of sulfonamides is 1. The van der Waals surface area contributed by atoms with E-state index in [2.05, 4.69) is 4.72 Å². The predicted molar refractivity (Wildman–Crippen MR) is 78.4 cm³/mol. The molecule has 2 N–H and O–H groups in total. The number of rotatable bonds is 5. The standard InChI is InChI=1S/C11H12ClNO3S3/c1-11(14,8-4-5-17-6-8)7-13-19(15,16)10-3-2-9(12)18-10/h2-6,13-14H,7H2,1H3/t11-/m1/s1. The zero-order chi connectivity index (χ0) is 14.1. The Balaban J connectivity index is 2.10. The summed E-state index contributed by atoms with van der Waals surface area (Å²) in [5.74, 6) is 0. The van der Waals surface area contributed by atoms with E-state index in [4.69, 9.17) is 11.6 Å². The van der Waals surface area contributed by atoms with E-state index in [1.165, 1.54) is 23.5 Å². The summed E-state index contributed by atoms with van der Waals surface area (Å²) in [6, 6.07) is 4.73. The molecule has 2 heterocycles. The van der Waals surface area contributed by atoms with Crippen LogP contribution in [0, 0.1) is 0 Å². The second-order valence-electron chi connectivity index (χ2n) is 4.17. The van der Waals surface area contributed by atoms with Gasteiger partial charge < -0.3 is 5.11 Å². The van der Waals surface area contributed by atoms with Gasteiger partial charge in [0.15, 0.2) is 0 Å². The van der Waals surface area contributed by atoms with Crippen LogP contribution >= 0.6 is 34.3 Å². The maximum absolute atomic E-state index is 12.0. The molecule has 0 aromatic carbocycles. The molecule has 0 saturated carbocycles. The molecule has 0 aliphatic rings. The number of thiophene rings is 2. The van der Waals surface area contributed by atoms with Gasteiger partial charge >= 0.3 is 0 Å². The second kappa shape index (κ2) is 5.51. The first-order chi connectivity index (χ1) is 8.81. The SMILES string of the molecule is C[C@@](O)(CNS(=O)(=O)c1ccc(Cl)s1)c1ccsc1. The molecule has 19 heavy (non-hydrogen) atoms. The van der Waals surface area contributed by atoms with Gasteiger partial charge in [0.1, 0.15) is 9.81 Å². The maximum Gasteiger partial charge on any atom is 0.250 e. The molecule has 0 spiro atoms. The molecule has 0 unspecified atom stereocenters. The fourth-order valence-corrected chi connectivity index (χ4v) is 4.86. The largest absolute Gasteiger partial charge is 0.384 e. The summed E-state index contributed by atoms with van der Waals surface area (Å²) in [6.07, 6.45) is 0. The molecule has 0 aliphatic heterocycles. The molecule has 8 heteroatoms. The van der Waals surface area contributed by atoms with Crippen LogP contribution in [0.2, 0.25) is 4.34 Å². The zero-order valence-electron chi connectivity index (χ0n) is 9.96. The molecular formula is C11H12ClNO3S3. The van der Waals surface area contributed by atoms with Crippen LogP contribution in [0.25, 0.3) is 0 Å². The first-order valence-electron chi connectivity index (χ1n) is 5.31. The minimum Gasteiger partial charge on any atom is -0.384 e. The topological polar surface area (TPSA) is 66.4 Å². The number of halogens is 1. The van der Waals surface area contributed by atoms with E-state index in [-0.39, 0.29) is 10.8 Å². The van der Waals surface area contributed by atoms with Crippen molar-refractivity contribution in [3.05, 3.63) is 38.9 Å². The van der Waals surface area contributed by atoms with E-state index in [0.29, 0.717) is 9.90 Å². The highest BCUT2D eigenvalue weighted by atomic mass is 35.5. The molecule has 0 saturated heterocycles. The predicted octanol–water partition coefficient (Wildman–Crippen LogP) is 2.65. The van der Waals surface area contributed by atoms with E-state index in [9.17, 15) is 13.5 Å². The normalized spacial score (nSPS) is 15.3. The molecule has 0 bridgehead atoms. The third kappa shape index (κ3) is 3.56. The van der Waals surface area contributed by atoms with Crippen molar-refractivity contribution in [1.29, 1.82) is 0 Å². The molecule has 0 amide bonds. The summed E-state index contributed by atoms with van der Waals surface area (Å²) in [5.41, 5.74) is -0.557. The van der Waals surface area contributed by atoms with Crippen molar-refractivity contribution in [2.45, 2.75) is 16.7 Å². The van der Waals surface area contributed by atoms with Gasteiger partial charge in [0, 0.05) is 6.54 Å². The molecule has 2 aromatic rings. The molecule has 1 atom stereocenters. The summed E-state index contributed by atoms with van der Waals surface area (Å²) >= 11 is 8.14. The van der Waals surface area contributed by atoms with Crippen molar-refractivity contribution in [3.8, 4) is 0 Å². The Kier molecular flexibility index (Phi) is 4.34. The highest BCUT2D eigenvalue weighted by Gasteiger charge is 2.27. The molecule has 104 valence electrons. The van der Waals surface area contributed by atoms with Gasteiger partial charge in [-0.3, -0.25) is 0 Å². The lowest BCUT2D eigenvalue weighted by Gasteiger charge is -2.22. The van der Waals surface area contributed by atoms with Gasteiger partial charge in [-0.2, -0.15) is 11.3 Å². The minimum atomic E-state index is -3.64. The van der Waals surface area contributed by atoms with Crippen molar-refractivity contribution in [3.63, 3.8) is 0 Å². The maximum atomic E-state index is 12.0. The van der Waals surface area contributed by atoms with Crippen LogP contribution in [0.15, 0.2) is 33.2 Å². The highest BCUT2D eigenvalue weighted by Crippen LogP contribution is 2.27. The lowest BCUT2D eigenvalue weighted by Crippen LogP contribution is -2.38. The van der Waals surface area contributed by atoms with Crippen molar-refractivity contribution < 1.29 is 13.5 Å². The Labute approximate surface area is 124 Å². The fourth-order valence-electron chi connectivity index (χ4n) is 1.42. The van der Waals surface area contributed by atoms with Crippen LogP contribution in [0.4, 0.5) is 0 Å². The smallest absolute Gasteiger partial charge is 0.250 e. The van der Waals surface area contributed by atoms with Crippen LogP contribution in [-0.4, -0.2) is 20.1 Å². The second-order valence-corrected chi connectivity index (χ2v) is 8.66. The van der Waals surface area contributed by atoms with Crippen LogP contribution in [-0.2, 0) is 15.6 Å². The zero-order valence-corrected chi connectivity index (χ0v) is 13.2. The van der Waals surface area contributed by atoms with E-state index in [1.807, 2.05) is 5.38 Å². The Morgan fingerprint density at radius 1 is 1.42 bits per heavy atom. The van der Waals surface area contributed by atoms with E-state index in [0.717, 1.165) is 11.3 Å². The van der Waals surface area contributed by atoms with Gasteiger partial charge in [-0.15, -0.1) is 11.3 Å². The highest BCUT2D eigenvalue weighted by molar-refractivity contribution is 7.91. The average molecular weight is 338 g/mol.